The van der Waals surface area contributed by atoms with Crippen LogP contribution in [0.15, 0.2) is 35.8 Å². The van der Waals surface area contributed by atoms with Crippen molar-refractivity contribution in [3.63, 3.8) is 0 Å². The van der Waals surface area contributed by atoms with E-state index in [1.165, 1.54) is 35.4 Å². The van der Waals surface area contributed by atoms with E-state index in [1.54, 1.807) is 11.3 Å². The first kappa shape index (κ1) is 13.7. The maximum atomic E-state index is 10.4. The first-order chi connectivity index (χ1) is 11.3. The number of thiazole rings is 1. The second-order valence-electron chi connectivity index (χ2n) is 6.60. The van der Waals surface area contributed by atoms with Crippen LogP contribution in [0.1, 0.15) is 47.3 Å². The van der Waals surface area contributed by atoms with Gasteiger partial charge >= 0.3 is 0 Å². The summed E-state index contributed by atoms with van der Waals surface area (Å²) in [6.07, 6.45) is 5.01. The van der Waals surface area contributed by atoms with Crippen molar-refractivity contribution in [3.8, 4) is 0 Å². The Balaban J connectivity index is 1.45. The highest BCUT2D eigenvalue weighted by Crippen LogP contribution is 2.42. The molecule has 3 aromatic rings. The maximum absolute atomic E-state index is 10.4. The minimum absolute atomic E-state index is 0.0161. The van der Waals surface area contributed by atoms with Gasteiger partial charge in [-0.1, -0.05) is 24.3 Å². The van der Waals surface area contributed by atoms with Crippen LogP contribution in [-0.4, -0.2) is 20.6 Å². The lowest BCUT2D eigenvalue weighted by molar-refractivity contribution is 0.140. The summed E-state index contributed by atoms with van der Waals surface area (Å²) in [4.78, 5) is 5.90. The number of aliphatic hydroxyl groups excluding tert-OH is 1. The number of hydrogen-bond acceptors (Lipinski definition) is 4. The van der Waals surface area contributed by atoms with Crippen LogP contribution < -0.4 is 5.32 Å². The topological polar surface area (TPSA) is 49.6 Å². The smallest absolute Gasteiger partial charge is 0.194 e. The molecule has 0 bridgehead atoms. The number of imidazole rings is 1. The average molecular weight is 325 g/mol. The summed E-state index contributed by atoms with van der Waals surface area (Å²) in [6.45, 7) is 0.750. The second-order valence-corrected chi connectivity index (χ2v) is 7.48. The highest BCUT2D eigenvalue weighted by Gasteiger charge is 2.33. The minimum Gasteiger partial charge on any atom is -0.391 e. The van der Waals surface area contributed by atoms with Crippen molar-refractivity contribution in [3.05, 3.63) is 58.4 Å². The molecule has 1 aromatic carbocycles. The van der Waals surface area contributed by atoms with Crippen LogP contribution >= 0.6 is 11.3 Å². The normalized spacial score (nSPS) is 23.5. The molecular formula is C18H19N3OS. The molecule has 0 amide bonds. The Hall–Kier alpha value is -1.69. The molecule has 2 heterocycles. The Kier molecular flexibility index (Phi) is 3.08. The number of benzene rings is 1. The fourth-order valence-corrected chi connectivity index (χ4v) is 4.48. The quantitative estimate of drug-likeness (QED) is 0.775. The summed E-state index contributed by atoms with van der Waals surface area (Å²) < 4.78 is 2.21. The Labute approximate surface area is 138 Å². The van der Waals surface area contributed by atoms with Crippen LogP contribution in [0.5, 0.6) is 0 Å². The van der Waals surface area contributed by atoms with E-state index in [0.717, 1.165) is 17.9 Å². The summed E-state index contributed by atoms with van der Waals surface area (Å²) >= 11 is 1.69. The Bertz CT molecular complexity index is 864. The molecule has 2 aromatic heterocycles. The van der Waals surface area contributed by atoms with Gasteiger partial charge in [0.25, 0.3) is 0 Å². The average Bonchev–Trinajstić information content (AvgIpc) is 3.07. The van der Waals surface area contributed by atoms with E-state index < -0.39 is 0 Å². The van der Waals surface area contributed by atoms with E-state index in [2.05, 4.69) is 39.5 Å². The number of nitrogens with one attached hydrogen (secondary N) is 1. The van der Waals surface area contributed by atoms with Gasteiger partial charge in [-0.15, -0.1) is 11.3 Å². The molecule has 1 saturated carbocycles. The largest absolute Gasteiger partial charge is 0.391 e. The summed E-state index contributed by atoms with van der Waals surface area (Å²) in [6, 6.07) is 8.36. The molecule has 4 nitrogen and oxygen atoms in total. The molecule has 2 aliphatic rings. The maximum Gasteiger partial charge on any atom is 0.194 e. The number of rotatable bonds is 4. The fourth-order valence-electron chi connectivity index (χ4n) is 3.74. The van der Waals surface area contributed by atoms with Crippen LogP contribution in [0.4, 0.5) is 0 Å². The molecule has 5 rings (SSSR count). The van der Waals surface area contributed by atoms with Gasteiger partial charge in [0.1, 0.15) is 0 Å². The van der Waals surface area contributed by atoms with Crippen LogP contribution in [0.2, 0.25) is 0 Å². The zero-order valence-corrected chi connectivity index (χ0v) is 13.6. The van der Waals surface area contributed by atoms with E-state index in [1.807, 2.05) is 6.07 Å². The lowest BCUT2D eigenvalue weighted by Gasteiger charge is -2.18. The van der Waals surface area contributed by atoms with Gasteiger partial charge < -0.3 is 10.4 Å². The first-order valence-electron chi connectivity index (χ1n) is 8.25. The van der Waals surface area contributed by atoms with Crippen molar-refractivity contribution in [2.45, 2.75) is 43.9 Å². The van der Waals surface area contributed by atoms with Gasteiger partial charge in [-0.3, -0.25) is 4.40 Å². The third-order valence-electron chi connectivity index (χ3n) is 5.05. The zero-order valence-electron chi connectivity index (χ0n) is 12.8. The standard InChI is InChI=1S/C18H19N3OS/c22-15-9-12-3-1-2-4-13(12)17(15)19-10-14-16(11-5-6-11)20-18-21(14)7-8-23-18/h1-4,7-8,11,15,17,19,22H,5-6,9-10H2/t15-,17+/m0/s1. The van der Waals surface area contributed by atoms with E-state index >= 15 is 0 Å². The SMILES string of the molecule is O[C@H]1Cc2ccccc2[C@H]1NCc1c(C2CC2)nc2sccn12. The van der Waals surface area contributed by atoms with Gasteiger partial charge in [0.05, 0.1) is 23.5 Å². The van der Waals surface area contributed by atoms with Crippen LogP contribution in [0.3, 0.4) is 0 Å². The van der Waals surface area contributed by atoms with Gasteiger partial charge in [0.2, 0.25) is 0 Å². The predicted molar refractivity (Wildman–Crippen MR) is 90.8 cm³/mol. The van der Waals surface area contributed by atoms with Crippen molar-refractivity contribution >= 4 is 16.3 Å². The number of hydrogen-bond donors (Lipinski definition) is 2. The summed E-state index contributed by atoms with van der Waals surface area (Å²) in [5.74, 6) is 0.639. The van der Waals surface area contributed by atoms with Gasteiger partial charge in [-0.2, -0.15) is 0 Å². The molecule has 2 atom stereocenters. The monoisotopic (exact) mass is 325 g/mol. The van der Waals surface area contributed by atoms with E-state index in [-0.39, 0.29) is 12.1 Å². The van der Waals surface area contributed by atoms with E-state index in [4.69, 9.17) is 4.98 Å². The third-order valence-corrected chi connectivity index (χ3v) is 5.81. The Morgan fingerprint density at radius 1 is 1.30 bits per heavy atom. The van der Waals surface area contributed by atoms with E-state index in [9.17, 15) is 5.11 Å². The molecular weight excluding hydrogens is 306 g/mol. The molecule has 2 aliphatic carbocycles. The van der Waals surface area contributed by atoms with Crippen LogP contribution in [0.25, 0.3) is 4.96 Å². The van der Waals surface area contributed by atoms with Crippen molar-refractivity contribution in [2.75, 3.05) is 0 Å². The lowest BCUT2D eigenvalue weighted by Crippen LogP contribution is -2.29. The van der Waals surface area contributed by atoms with Gasteiger partial charge in [0.15, 0.2) is 4.96 Å². The van der Waals surface area contributed by atoms with Crippen molar-refractivity contribution in [1.82, 2.24) is 14.7 Å². The number of nitrogens with zero attached hydrogens (tertiary/aromatic N) is 2. The molecule has 2 N–H and O–H groups in total. The van der Waals surface area contributed by atoms with Crippen molar-refractivity contribution in [1.29, 1.82) is 0 Å². The molecule has 0 unspecified atom stereocenters. The molecule has 0 aliphatic heterocycles. The third kappa shape index (κ3) is 2.23. The highest BCUT2D eigenvalue weighted by molar-refractivity contribution is 7.15. The molecule has 5 heteroatoms. The molecule has 0 radical (unpaired) electrons. The second kappa shape index (κ2) is 5.16. The molecule has 1 fully saturated rings. The lowest BCUT2D eigenvalue weighted by atomic mass is 10.1. The number of fused-ring (bicyclic) bond motifs is 2. The summed E-state index contributed by atoms with van der Waals surface area (Å²) in [5.41, 5.74) is 5.01. The Morgan fingerprint density at radius 3 is 3.04 bits per heavy atom. The van der Waals surface area contributed by atoms with Crippen molar-refractivity contribution in [2.24, 2.45) is 0 Å². The minimum atomic E-state index is -0.345. The van der Waals surface area contributed by atoms with Gasteiger partial charge in [0, 0.05) is 30.5 Å². The predicted octanol–water partition coefficient (Wildman–Crippen LogP) is 3.02. The first-order valence-corrected chi connectivity index (χ1v) is 9.13. The number of aromatic nitrogens is 2. The van der Waals surface area contributed by atoms with Crippen LogP contribution in [-0.2, 0) is 13.0 Å². The van der Waals surface area contributed by atoms with Gasteiger partial charge in [-0.25, -0.2) is 4.98 Å². The highest BCUT2D eigenvalue weighted by atomic mass is 32.1. The summed E-state index contributed by atoms with van der Waals surface area (Å²) in [5, 5.41) is 16.1. The molecule has 118 valence electrons. The summed E-state index contributed by atoms with van der Waals surface area (Å²) in [7, 11) is 0. The van der Waals surface area contributed by atoms with Crippen LogP contribution in [0, 0.1) is 0 Å². The van der Waals surface area contributed by atoms with E-state index in [0.29, 0.717) is 5.92 Å². The Morgan fingerprint density at radius 2 is 2.17 bits per heavy atom. The zero-order chi connectivity index (χ0) is 15.4. The molecule has 23 heavy (non-hydrogen) atoms. The van der Waals surface area contributed by atoms with Crippen molar-refractivity contribution < 1.29 is 5.11 Å². The van der Waals surface area contributed by atoms with Gasteiger partial charge in [-0.05, 0) is 24.0 Å². The number of aliphatic hydroxyl groups is 1. The molecule has 0 spiro atoms. The fraction of sp³-hybridized carbons (Fsp3) is 0.389. The molecule has 0 saturated heterocycles.